The molecule has 0 unspecified atom stereocenters. The highest BCUT2D eigenvalue weighted by molar-refractivity contribution is 5.90. The number of nitrogens with one attached hydrogen (secondary N) is 1. The van der Waals surface area contributed by atoms with E-state index in [9.17, 15) is 13.6 Å². The van der Waals surface area contributed by atoms with Gasteiger partial charge in [-0.05, 0) is 17.7 Å². The molecule has 2 rings (SSSR count). The van der Waals surface area contributed by atoms with Crippen molar-refractivity contribution in [2.45, 2.75) is 6.54 Å². The van der Waals surface area contributed by atoms with Crippen LogP contribution in [0.15, 0.2) is 36.4 Å². The van der Waals surface area contributed by atoms with Crippen LogP contribution < -0.4 is 11.1 Å². The van der Waals surface area contributed by atoms with Crippen LogP contribution >= 0.6 is 0 Å². The van der Waals surface area contributed by atoms with Gasteiger partial charge in [-0.3, -0.25) is 0 Å². The largest absolute Gasteiger partial charge is 0.465 e. The van der Waals surface area contributed by atoms with Crippen LogP contribution in [-0.2, 0) is 11.3 Å². The standard InChI is InChI=1S/C15H14F2N2O2/c1-21-15(20)10-6-14(12(17)7-11(10)16)19-8-9-4-2-3-5-13(9)18/h2-7,19H,8,18H2,1H3. The minimum Gasteiger partial charge on any atom is -0.465 e. The van der Waals surface area contributed by atoms with Crippen LogP contribution in [0.25, 0.3) is 0 Å². The van der Waals surface area contributed by atoms with Crippen molar-refractivity contribution in [3.63, 3.8) is 0 Å². The van der Waals surface area contributed by atoms with Gasteiger partial charge in [0.1, 0.15) is 11.6 Å². The second kappa shape index (κ2) is 6.21. The maximum Gasteiger partial charge on any atom is 0.340 e. The smallest absolute Gasteiger partial charge is 0.340 e. The van der Waals surface area contributed by atoms with Gasteiger partial charge < -0.3 is 15.8 Å². The first kappa shape index (κ1) is 14.8. The zero-order valence-corrected chi connectivity index (χ0v) is 11.3. The molecule has 0 aliphatic heterocycles. The number of halogens is 2. The van der Waals surface area contributed by atoms with Gasteiger partial charge in [-0.1, -0.05) is 18.2 Å². The van der Waals surface area contributed by atoms with Crippen molar-refractivity contribution in [1.29, 1.82) is 0 Å². The van der Waals surface area contributed by atoms with Gasteiger partial charge in [0.15, 0.2) is 0 Å². The average molecular weight is 292 g/mol. The zero-order chi connectivity index (χ0) is 15.4. The lowest BCUT2D eigenvalue weighted by atomic mass is 10.1. The number of benzene rings is 2. The molecule has 110 valence electrons. The van der Waals surface area contributed by atoms with Crippen LogP contribution in [0.5, 0.6) is 0 Å². The number of para-hydroxylation sites is 1. The lowest BCUT2D eigenvalue weighted by Crippen LogP contribution is -2.09. The predicted octanol–water partition coefficient (Wildman–Crippen LogP) is 2.95. The van der Waals surface area contributed by atoms with E-state index in [0.717, 1.165) is 18.7 Å². The van der Waals surface area contributed by atoms with Crippen molar-refractivity contribution < 1.29 is 18.3 Å². The Balaban J connectivity index is 2.24. The van der Waals surface area contributed by atoms with Crippen molar-refractivity contribution in [3.05, 3.63) is 59.2 Å². The van der Waals surface area contributed by atoms with E-state index in [1.54, 1.807) is 24.3 Å². The van der Waals surface area contributed by atoms with Gasteiger partial charge in [-0.2, -0.15) is 0 Å². The SMILES string of the molecule is COC(=O)c1cc(NCc2ccccc2N)c(F)cc1F. The van der Waals surface area contributed by atoms with E-state index < -0.39 is 17.6 Å². The molecule has 0 aliphatic rings. The fourth-order valence-corrected chi connectivity index (χ4v) is 1.84. The van der Waals surface area contributed by atoms with Gasteiger partial charge in [0.25, 0.3) is 0 Å². The normalized spacial score (nSPS) is 10.2. The topological polar surface area (TPSA) is 64.3 Å². The highest BCUT2D eigenvalue weighted by Crippen LogP contribution is 2.22. The Morgan fingerprint density at radius 2 is 1.95 bits per heavy atom. The number of nitrogen functional groups attached to an aromatic ring is 1. The summed E-state index contributed by atoms with van der Waals surface area (Å²) in [5, 5.41) is 2.79. The molecule has 0 bridgehead atoms. The highest BCUT2D eigenvalue weighted by Gasteiger charge is 2.16. The third kappa shape index (κ3) is 3.28. The lowest BCUT2D eigenvalue weighted by molar-refractivity contribution is 0.0595. The van der Waals surface area contributed by atoms with Crippen molar-refractivity contribution in [2.24, 2.45) is 0 Å². The monoisotopic (exact) mass is 292 g/mol. The van der Waals surface area contributed by atoms with Crippen molar-refractivity contribution in [1.82, 2.24) is 0 Å². The summed E-state index contributed by atoms with van der Waals surface area (Å²) in [4.78, 5) is 11.4. The molecule has 0 aliphatic carbocycles. The van der Waals surface area contributed by atoms with Crippen molar-refractivity contribution in [3.8, 4) is 0 Å². The molecule has 21 heavy (non-hydrogen) atoms. The summed E-state index contributed by atoms with van der Waals surface area (Å²) in [7, 11) is 1.13. The summed E-state index contributed by atoms with van der Waals surface area (Å²) < 4.78 is 31.7. The first-order valence-corrected chi connectivity index (χ1v) is 6.17. The first-order chi connectivity index (χ1) is 10.0. The van der Waals surface area contributed by atoms with Crippen LogP contribution in [0.4, 0.5) is 20.2 Å². The second-order valence-electron chi connectivity index (χ2n) is 4.36. The molecule has 0 atom stereocenters. The Labute approximate surface area is 120 Å². The molecule has 4 nitrogen and oxygen atoms in total. The number of hydrogen-bond donors (Lipinski definition) is 2. The number of esters is 1. The quantitative estimate of drug-likeness (QED) is 0.671. The molecule has 0 amide bonds. The number of methoxy groups -OCH3 is 1. The minimum atomic E-state index is -0.968. The maximum absolute atomic E-state index is 13.7. The Morgan fingerprint density at radius 1 is 1.24 bits per heavy atom. The van der Waals surface area contributed by atoms with Gasteiger partial charge in [-0.15, -0.1) is 0 Å². The van der Waals surface area contributed by atoms with E-state index in [0.29, 0.717) is 11.8 Å². The summed E-state index contributed by atoms with van der Waals surface area (Å²) >= 11 is 0. The minimum absolute atomic E-state index is 0.0000491. The van der Waals surface area contributed by atoms with E-state index in [-0.39, 0.29) is 17.8 Å². The molecule has 0 fully saturated rings. The van der Waals surface area contributed by atoms with E-state index in [1.807, 2.05) is 0 Å². The summed E-state index contributed by atoms with van der Waals surface area (Å²) in [5.41, 5.74) is 6.77. The number of ether oxygens (including phenoxy) is 1. The third-order valence-corrected chi connectivity index (χ3v) is 2.99. The highest BCUT2D eigenvalue weighted by atomic mass is 19.1. The van der Waals surface area contributed by atoms with Gasteiger partial charge in [0, 0.05) is 18.3 Å². The van der Waals surface area contributed by atoms with Crippen LogP contribution in [0, 0.1) is 11.6 Å². The molecular formula is C15H14F2N2O2. The first-order valence-electron chi connectivity index (χ1n) is 6.17. The number of anilines is 2. The summed E-state index contributed by atoms with van der Waals surface area (Å²) in [5.74, 6) is -2.63. The van der Waals surface area contributed by atoms with Gasteiger partial charge >= 0.3 is 5.97 Å². The van der Waals surface area contributed by atoms with Crippen LogP contribution in [0.3, 0.4) is 0 Å². The number of carbonyl (C=O) groups excluding carboxylic acids is 1. The van der Waals surface area contributed by atoms with Crippen molar-refractivity contribution >= 4 is 17.3 Å². The fourth-order valence-electron chi connectivity index (χ4n) is 1.84. The summed E-state index contributed by atoms with van der Waals surface area (Å²) in [6.07, 6.45) is 0. The molecule has 3 N–H and O–H groups in total. The van der Waals surface area contributed by atoms with Crippen LogP contribution in [0.1, 0.15) is 15.9 Å². The Morgan fingerprint density at radius 3 is 2.62 bits per heavy atom. The molecule has 6 heteroatoms. The van der Waals surface area contributed by atoms with Crippen molar-refractivity contribution in [2.75, 3.05) is 18.2 Å². The molecule has 0 spiro atoms. The number of carbonyl (C=O) groups is 1. The number of rotatable bonds is 4. The maximum atomic E-state index is 13.7. The second-order valence-corrected chi connectivity index (χ2v) is 4.36. The summed E-state index contributed by atoms with van der Waals surface area (Å²) in [6, 6.07) is 8.81. The Hall–Kier alpha value is -2.63. The number of hydrogen-bond acceptors (Lipinski definition) is 4. The van der Waals surface area contributed by atoms with E-state index in [1.165, 1.54) is 0 Å². The van der Waals surface area contributed by atoms with E-state index in [2.05, 4.69) is 10.1 Å². The lowest BCUT2D eigenvalue weighted by Gasteiger charge is -2.11. The van der Waals surface area contributed by atoms with E-state index in [4.69, 9.17) is 5.73 Å². The molecule has 0 saturated heterocycles. The van der Waals surface area contributed by atoms with Gasteiger partial charge in [0.05, 0.1) is 18.4 Å². The van der Waals surface area contributed by atoms with Crippen LogP contribution in [-0.4, -0.2) is 13.1 Å². The number of nitrogens with two attached hydrogens (primary N) is 1. The molecule has 0 saturated carbocycles. The molecule has 0 heterocycles. The van der Waals surface area contributed by atoms with Gasteiger partial charge in [-0.25, -0.2) is 13.6 Å². The molecule has 2 aromatic rings. The average Bonchev–Trinajstić information content (AvgIpc) is 2.47. The van der Waals surface area contributed by atoms with E-state index >= 15 is 0 Å². The Bertz CT molecular complexity index is 675. The Kier molecular flexibility index (Phi) is 4.37. The summed E-state index contributed by atoms with van der Waals surface area (Å²) in [6.45, 7) is 0.246. The molecule has 2 aromatic carbocycles. The zero-order valence-electron chi connectivity index (χ0n) is 11.3. The van der Waals surface area contributed by atoms with Gasteiger partial charge in [0.2, 0.25) is 0 Å². The third-order valence-electron chi connectivity index (χ3n) is 2.99. The fraction of sp³-hybridized carbons (Fsp3) is 0.133. The van der Waals surface area contributed by atoms with Crippen LogP contribution in [0.2, 0.25) is 0 Å². The molecular weight excluding hydrogens is 278 g/mol. The molecule has 0 aromatic heterocycles. The predicted molar refractivity (Wildman–Crippen MR) is 75.9 cm³/mol. The molecule has 0 radical (unpaired) electrons.